The van der Waals surface area contributed by atoms with E-state index in [2.05, 4.69) is 0 Å². The van der Waals surface area contributed by atoms with Crippen molar-refractivity contribution in [3.63, 3.8) is 0 Å². The van der Waals surface area contributed by atoms with Crippen LogP contribution in [0.5, 0.6) is 0 Å². The van der Waals surface area contributed by atoms with E-state index in [4.69, 9.17) is 0 Å². The van der Waals surface area contributed by atoms with Crippen molar-refractivity contribution in [2.45, 2.75) is 5.92 Å². The highest BCUT2D eigenvalue weighted by atomic mass is 19.3. The summed E-state index contributed by atoms with van der Waals surface area (Å²) in [6.07, 6.45) is -3.22. The predicted molar refractivity (Wildman–Crippen MR) is 32.7 cm³/mol. The number of hydrogen-bond acceptors (Lipinski definition) is 0. The second kappa shape index (κ2) is 3.35. The maximum atomic E-state index is 12.5. The van der Waals surface area contributed by atoms with Gasteiger partial charge in [0.25, 0.3) is 0 Å². The van der Waals surface area contributed by atoms with E-state index < -0.39 is 40.9 Å². The molecule has 0 aliphatic heterocycles. The van der Waals surface area contributed by atoms with Crippen molar-refractivity contribution in [2.24, 2.45) is 0 Å². The molecule has 0 amide bonds. The first-order chi connectivity index (χ1) is 6.71. The van der Waals surface area contributed by atoms with Crippen molar-refractivity contribution in [1.82, 2.24) is 0 Å². The van der Waals surface area contributed by atoms with Gasteiger partial charge in [-0.25, -0.2) is 17.6 Å². The van der Waals surface area contributed by atoms with Crippen LogP contribution in [-0.4, -0.2) is 5.92 Å². The van der Waals surface area contributed by atoms with Gasteiger partial charge in [-0.3, -0.25) is 0 Å². The van der Waals surface area contributed by atoms with E-state index in [1.165, 1.54) is 0 Å². The number of hydrogen-bond donors (Lipinski definition) is 0. The third kappa shape index (κ3) is 1.53. The Morgan fingerprint density at radius 3 is 1.60 bits per heavy atom. The van der Waals surface area contributed by atoms with Gasteiger partial charge in [-0.1, -0.05) is 0 Å². The Morgan fingerprint density at radius 2 is 1.33 bits per heavy atom. The second-order valence-corrected chi connectivity index (χ2v) is 2.47. The Bertz CT molecular complexity index is 395. The smallest absolute Gasteiger partial charge is 0.204 e. The predicted octanol–water partition coefficient (Wildman–Crippen LogP) is 4.09. The van der Waals surface area contributed by atoms with Crippen LogP contribution in [0, 0.1) is 0 Å². The van der Waals surface area contributed by atoms with Crippen molar-refractivity contribution in [1.29, 1.82) is 0 Å². The summed E-state index contributed by atoms with van der Waals surface area (Å²) in [7, 11) is 0. The maximum Gasteiger partial charge on any atom is 0.353 e. The first-order valence-corrected chi connectivity index (χ1v) is 3.26. The minimum Gasteiger partial charge on any atom is -0.204 e. The topological polar surface area (TPSA) is 0 Å². The van der Waals surface area contributed by atoms with Crippen LogP contribution in [0.1, 0.15) is 0 Å². The molecule has 0 heterocycles. The van der Waals surface area contributed by atoms with Crippen molar-refractivity contribution in [3.05, 3.63) is 35.0 Å². The molecule has 0 aromatic carbocycles. The molecule has 0 N–H and O–H groups in total. The molecule has 84 valence electrons. The Hall–Kier alpha value is -1.34. The van der Waals surface area contributed by atoms with Crippen LogP contribution < -0.4 is 0 Å². The highest BCUT2D eigenvalue weighted by Gasteiger charge is 2.53. The van der Waals surface area contributed by atoms with Crippen LogP contribution >= 0.6 is 0 Å². The lowest BCUT2D eigenvalue weighted by atomic mass is 10.2. The molecule has 0 saturated carbocycles. The molecule has 1 aliphatic rings. The summed E-state index contributed by atoms with van der Waals surface area (Å²) in [5.74, 6) is -16.4. The SMILES string of the molecule is FC(F)=C(F)C1=C(F)C(F)(F)C(F)=C1F. The zero-order valence-electron chi connectivity index (χ0n) is 6.52. The number of alkyl halides is 2. The van der Waals surface area contributed by atoms with E-state index in [9.17, 15) is 35.1 Å². The second-order valence-electron chi connectivity index (χ2n) is 2.47. The molecule has 0 spiro atoms. The van der Waals surface area contributed by atoms with Crippen molar-refractivity contribution < 1.29 is 35.1 Å². The van der Waals surface area contributed by atoms with Gasteiger partial charge in [-0.05, 0) is 0 Å². The van der Waals surface area contributed by atoms with Crippen molar-refractivity contribution in [2.75, 3.05) is 0 Å². The van der Waals surface area contributed by atoms with Crippen LogP contribution in [0.15, 0.2) is 35.0 Å². The van der Waals surface area contributed by atoms with Crippen LogP contribution in [0.4, 0.5) is 35.1 Å². The molecule has 0 fully saturated rings. The molecule has 15 heavy (non-hydrogen) atoms. The Morgan fingerprint density at radius 1 is 0.867 bits per heavy atom. The molecule has 1 aliphatic carbocycles. The molecule has 0 aromatic heterocycles. The summed E-state index contributed by atoms with van der Waals surface area (Å²) in [4.78, 5) is 0. The molecular formula is C7F8. The molecule has 0 radical (unpaired) electrons. The van der Waals surface area contributed by atoms with Gasteiger partial charge in [-0.15, -0.1) is 0 Å². The molecule has 0 unspecified atom stereocenters. The molecule has 0 aromatic rings. The average Bonchev–Trinajstić information content (AvgIpc) is 2.28. The Balaban J connectivity index is 3.45. The fourth-order valence-electron chi connectivity index (χ4n) is 0.884. The maximum absolute atomic E-state index is 12.5. The van der Waals surface area contributed by atoms with E-state index in [0.29, 0.717) is 0 Å². The fraction of sp³-hybridized carbons (Fsp3) is 0.143. The molecule has 0 bridgehead atoms. The van der Waals surface area contributed by atoms with Crippen molar-refractivity contribution >= 4 is 0 Å². The average molecular weight is 236 g/mol. The number of halogens is 8. The lowest BCUT2D eigenvalue weighted by molar-refractivity contribution is 0.0370. The van der Waals surface area contributed by atoms with Crippen LogP contribution in [0.2, 0.25) is 0 Å². The monoisotopic (exact) mass is 236 g/mol. The molecule has 8 heteroatoms. The van der Waals surface area contributed by atoms with E-state index in [0.717, 1.165) is 0 Å². The van der Waals surface area contributed by atoms with Crippen molar-refractivity contribution in [3.8, 4) is 0 Å². The van der Waals surface area contributed by atoms with Crippen LogP contribution in [-0.2, 0) is 0 Å². The van der Waals surface area contributed by atoms with Gasteiger partial charge in [-0.2, -0.15) is 17.6 Å². The molecular weight excluding hydrogens is 236 g/mol. The standard InChI is InChI=1S/C7F8/c8-2-1(3(9)6(12)13)4(10)7(14,15)5(2)11. The minimum absolute atomic E-state index is 2.38. The quantitative estimate of drug-likeness (QED) is 0.601. The van der Waals surface area contributed by atoms with Gasteiger partial charge in [0.15, 0.2) is 11.7 Å². The van der Waals surface area contributed by atoms with Crippen LogP contribution in [0.25, 0.3) is 0 Å². The summed E-state index contributed by atoms with van der Waals surface area (Å²) in [6.45, 7) is 0. The highest BCUT2D eigenvalue weighted by Crippen LogP contribution is 2.49. The van der Waals surface area contributed by atoms with E-state index in [1.807, 2.05) is 0 Å². The normalized spacial score (nSPS) is 20.0. The summed E-state index contributed by atoms with van der Waals surface area (Å²) >= 11 is 0. The summed E-state index contributed by atoms with van der Waals surface area (Å²) in [6, 6.07) is 0. The van der Waals surface area contributed by atoms with Gasteiger partial charge >= 0.3 is 12.0 Å². The number of rotatable bonds is 1. The van der Waals surface area contributed by atoms with Crippen LogP contribution in [0.3, 0.4) is 0 Å². The van der Waals surface area contributed by atoms with Gasteiger partial charge in [0.05, 0.1) is 5.57 Å². The minimum atomic E-state index is -5.04. The largest absolute Gasteiger partial charge is 0.353 e. The Labute approximate surface area is 77.2 Å². The lowest BCUT2D eigenvalue weighted by Crippen LogP contribution is -2.14. The molecule has 0 saturated heterocycles. The third-order valence-electron chi connectivity index (χ3n) is 1.57. The first-order valence-electron chi connectivity index (χ1n) is 3.26. The zero-order valence-corrected chi connectivity index (χ0v) is 6.52. The van der Waals surface area contributed by atoms with Gasteiger partial charge in [0, 0.05) is 0 Å². The summed E-state index contributed by atoms with van der Waals surface area (Å²) in [5.41, 5.74) is -2.38. The molecule has 1 rings (SSSR count). The van der Waals surface area contributed by atoms with Gasteiger partial charge in [0.1, 0.15) is 0 Å². The van der Waals surface area contributed by atoms with Gasteiger partial charge in [0.2, 0.25) is 11.7 Å². The summed E-state index contributed by atoms with van der Waals surface area (Å²) < 4.78 is 97.2. The van der Waals surface area contributed by atoms with Gasteiger partial charge < -0.3 is 0 Å². The van der Waals surface area contributed by atoms with E-state index in [1.54, 1.807) is 0 Å². The molecule has 0 atom stereocenters. The van der Waals surface area contributed by atoms with E-state index in [-0.39, 0.29) is 0 Å². The highest BCUT2D eigenvalue weighted by molar-refractivity contribution is 5.53. The van der Waals surface area contributed by atoms with E-state index >= 15 is 0 Å². The third-order valence-corrected chi connectivity index (χ3v) is 1.57. The zero-order chi connectivity index (χ0) is 12.0. The first kappa shape index (κ1) is 11.7. The molecule has 0 nitrogen and oxygen atoms in total. The lowest BCUT2D eigenvalue weighted by Gasteiger charge is -2.05. The number of allylic oxidation sites excluding steroid dienone is 5. The Kier molecular flexibility index (Phi) is 2.62. The fourth-order valence-corrected chi connectivity index (χ4v) is 0.884. The summed E-state index contributed by atoms with van der Waals surface area (Å²) in [5, 5.41) is 0.